The van der Waals surface area contributed by atoms with E-state index in [1.165, 1.54) is 0 Å². The van der Waals surface area contributed by atoms with Crippen LogP contribution >= 0.6 is 23.2 Å². The third kappa shape index (κ3) is 8.79. The molecular formula is C19H26Cl2O5. The van der Waals surface area contributed by atoms with E-state index < -0.39 is 5.97 Å². The summed E-state index contributed by atoms with van der Waals surface area (Å²) in [6.07, 6.45) is 4.80. The number of rotatable bonds is 13. The highest BCUT2D eigenvalue weighted by atomic mass is 35.5. The van der Waals surface area contributed by atoms with E-state index in [-0.39, 0.29) is 11.1 Å². The number of ether oxygens (including phenoxy) is 3. The second-order valence-electron chi connectivity index (χ2n) is 5.58. The number of aliphatic carboxylic acids is 1. The molecule has 0 fully saturated rings. The van der Waals surface area contributed by atoms with Gasteiger partial charge in [-0.15, -0.1) is 0 Å². The molecule has 1 aromatic carbocycles. The van der Waals surface area contributed by atoms with E-state index in [0.29, 0.717) is 19.8 Å². The van der Waals surface area contributed by atoms with Crippen LogP contribution in [0.2, 0.25) is 0 Å². The number of unbranched alkanes of at least 4 members (excludes halogenated alkanes) is 1. The van der Waals surface area contributed by atoms with Gasteiger partial charge in [0.25, 0.3) is 0 Å². The summed E-state index contributed by atoms with van der Waals surface area (Å²) in [5.74, 6) is 0.714. The molecule has 1 N–H and O–H groups in total. The molecule has 0 aromatic heterocycles. The largest absolute Gasteiger partial charge is 0.493 e. The molecule has 0 heterocycles. The second-order valence-corrected chi connectivity index (χ2v) is 6.59. The topological polar surface area (TPSA) is 65.0 Å². The van der Waals surface area contributed by atoms with E-state index >= 15 is 0 Å². The van der Waals surface area contributed by atoms with Gasteiger partial charge in [0.15, 0.2) is 0 Å². The molecule has 0 saturated carbocycles. The zero-order valence-corrected chi connectivity index (χ0v) is 16.7. The molecule has 7 heteroatoms. The SMILES string of the molecule is CCc1cc(OCC=C(Cl)Cl)cc(CC)c1OCCCCOCC(=O)O. The molecule has 0 aliphatic rings. The maximum absolute atomic E-state index is 10.4. The summed E-state index contributed by atoms with van der Waals surface area (Å²) in [6, 6.07) is 3.95. The lowest BCUT2D eigenvalue weighted by molar-refractivity contribution is -0.142. The van der Waals surface area contributed by atoms with Crippen molar-refractivity contribution < 1.29 is 24.1 Å². The Morgan fingerprint density at radius 2 is 1.69 bits per heavy atom. The lowest BCUT2D eigenvalue weighted by Crippen LogP contribution is -2.09. The van der Waals surface area contributed by atoms with Crippen LogP contribution in [0.3, 0.4) is 0 Å². The molecule has 5 nitrogen and oxygen atoms in total. The van der Waals surface area contributed by atoms with Gasteiger partial charge in [-0.1, -0.05) is 37.0 Å². The van der Waals surface area contributed by atoms with E-state index in [9.17, 15) is 4.79 Å². The quantitative estimate of drug-likeness (QED) is 0.479. The average Bonchev–Trinajstić information content (AvgIpc) is 2.60. The van der Waals surface area contributed by atoms with Crippen molar-refractivity contribution in [2.75, 3.05) is 26.4 Å². The third-order valence-corrected chi connectivity index (χ3v) is 3.93. The van der Waals surface area contributed by atoms with Gasteiger partial charge in [0.05, 0.1) is 6.61 Å². The Hall–Kier alpha value is -1.43. The molecule has 146 valence electrons. The summed E-state index contributed by atoms with van der Waals surface area (Å²) < 4.78 is 16.9. The van der Waals surface area contributed by atoms with Crippen molar-refractivity contribution in [1.82, 2.24) is 0 Å². The number of hydrogen-bond donors (Lipinski definition) is 1. The van der Waals surface area contributed by atoms with Crippen LogP contribution in [0.5, 0.6) is 11.5 Å². The van der Waals surface area contributed by atoms with Crippen LogP contribution in [0.15, 0.2) is 22.7 Å². The monoisotopic (exact) mass is 404 g/mol. The maximum Gasteiger partial charge on any atom is 0.329 e. The molecule has 0 atom stereocenters. The fourth-order valence-electron chi connectivity index (χ4n) is 2.36. The van der Waals surface area contributed by atoms with Gasteiger partial charge in [-0.25, -0.2) is 4.79 Å². The lowest BCUT2D eigenvalue weighted by Gasteiger charge is -2.17. The van der Waals surface area contributed by atoms with Crippen LogP contribution in [0.1, 0.15) is 37.8 Å². The van der Waals surface area contributed by atoms with Gasteiger partial charge < -0.3 is 19.3 Å². The number of aryl methyl sites for hydroxylation is 2. The normalized spacial score (nSPS) is 10.5. The van der Waals surface area contributed by atoms with E-state index in [1.807, 2.05) is 12.1 Å². The van der Waals surface area contributed by atoms with Gasteiger partial charge in [-0.05, 0) is 55.0 Å². The fourth-order valence-corrected chi connectivity index (χ4v) is 2.48. The lowest BCUT2D eigenvalue weighted by atomic mass is 10.0. The standard InChI is InChI=1S/C19H26Cl2O5/c1-3-14-11-16(25-10-7-17(20)21)12-15(4-2)19(14)26-9-6-5-8-24-13-18(22)23/h7,11-12H,3-6,8-10,13H2,1-2H3,(H,22,23). The number of hydrogen-bond acceptors (Lipinski definition) is 4. The summed E-state index contributed by atoms with van der Waals surface area (Å²) in [7, 11) is 0. The molecule has 0 bridgehead atoms. The predicted octanol–water partition coefficient (Wildman–Crippen LogP) is 4.77. The summed E-state index contributed by atoms with van der Waals surface area (Å²) in [6.45, 7) is 5.17. The third-order valence-electron chi connectivity index (χ3n) is 3.62. The summed E-state index contributed by atoms with van der Waals surface area (Å²) in [5.41, 5.74) is 2.17. The molecule has 0 amide bonds. The Bertz CT molecular complexity index is 573. The van der Waals surface area contributed by atoms with Crippen LogP contribution in [-0.4, -0.2) is 37.5 Å². The van der Waals surface area contributed by atoms with Gasteiger partial charge in [-0.2, -0.15) is 0 Å². The van der Waals surface area contributed by atoms with Crippen LogP contribution < -0.4 is 9.47 Å². The summed E-state index contributed by atoms with van der Waals surface area (Å²) in [4.78, 5) is 10.4. The first-order valence-electron chi connectivity index (χ1n) is 8.70. The number of carboxylic acids is 1. The van der Waals surface area contributed by atoms with E-state index in [4.69, 9.17) is 42.5 Å². The molecular weight excluding hydrogens is 379 g/mol. The van der Waals surface area contributed by atoms with Crippen molar-refractivity contribution in [3.63, 3.8) is 0 Å². The van der Waals surface area contributed by atoms with Crippen LogP contribution in [0.25, 0.3) is 0 Å². The Kier molecular flexibility index (Phi) is 11.2. The number of carbonyl (C=O) groups is 1. The molecule has 26 heavy (non-hydrogen) atoms. The zero-order valence-electron chi connectivity index (χ0n) is 15.2. The molecule has 0 radical (unpaired) electrons. The van der Waals surface area contributed by atoms with Crippen molar-refractivity contribution in [1.29, 1.82) is 0 Å². The van der Waals surface area contributed by atoms with E-state index in [0.717, 1.165) is 48.3 Å². The first kappa shape index (κ1) is 22.6. The van der Waals surface area contributed by atoms with Gasteiger partial charge in [0.2, 0.25) is 0 Å². The minimum Gasteiger partial charge on any atom is -0.493 e. The molecule has 1 rings (SSSR count). The molecule has 0 unspecified atom stereocenters. The fraction of sp³-hybridized carbons (Fsp3) is 0.526. The van der Waals surface area contributed by atoms with Crippen LogP contribution in [0, 0.1) is 0 Å². The molecule has 0 aliphatic heterocycles. The number of benzene rings is 1. The highest BCUT2D eigenvalue weighted by Crippen LogP contribution is 2.31. The Balaban J connectivity index is 2.60. The first-order valence-corrected chi connectivity index (χ1v) is 9.45. The van der Waals surface area contributed by atoms with Crippen LogP contribution in [-0.2, 0) is 22.4 Å². The molecule has 0 spiro atoms. The minimum absolute atomic E-state index is 0.184. The smallest absolute Gasteiger partial charge is 0.329 e. The van der Waals surface area contributed by atoms with Crippen molar-refractivity contribution >= 4 is 29.2 Å². The number of halogens is 2. The van der Waals surface area contributed by atoms with Gasteiger partial charge in [0.1, 0.15) is 29.2 Å². The Morgan fingerprint density at radius 3 is 2.23 bits per heavy atom. The first-order chi connectivity index (χ1) is 12.5. The van der Waals surface area contributed by atoms with Crippen molar-refractivity contribution in [2.24, 2.45) is 0 Å². The molecule has 1 aromatic rings. The second kappa shape index (κ2) is 12.8. The van der Waals surface area contributed by atoms with E-state index in [1.54, 1.807) is 6.08 Å². The predicted molar refractivity (Wildman–Crippen MR) is 104 cm³/mol. The highest BCUT2D eigenvalue weighted by molar-refractivity contribution is 6.55. The van der Waals surface area contributed by atoms with Gasteiger partial charge in [-0.3, -0.25) is 0 Å². The van der Waals surface area contributed by atoms with Crippen molar-refractivity contribution in [2.45, 2.75) is 39.5 Å². The molecule has 0 aliphatic carbocycles. The van der Waals surface area contributed by atoms with E-state index in [2.05, 4.69) is 13.8 Å². The Morgan fingerprint density at radius 1 is 1.08 bits per heavy atom. The Labute approximate surface area is 164 Å². The maximum atomic E-state index is 10.4. The molecule has 0 saturated heterocycles. The van der Waals surface area contributed by atoms with Crippen molar-refractivity contribution in [3.8, 4) is 11.5 Å². The average molecular weight is 405 g/mol. The summed E-state index contributed by atoms with van der Waals surface area (Å²) >= 11 is 11.2. The summed E-state index contributed by atoms with van der Waals surface area (Å²) in [5, 5.41) is 8.51. The van der Waals surface area contributed by atoms with Gasteiger partial charge in [0, 0.05) is 6.61 Å². The minimum atomic E-state index is -0.951. The number of carboxylic acid groups (broad SMARTS) is 1. The van der Waals surface area contributed by atoms with Crippen LogP contribution in [0.4, 0.5) is 0 Å². The highest BCUT2D eigenvalue weighted by Gasteiger charge is 2.11. The van der Waals surface area contributed by atoms with Crippen molar-refractivity contribution in [3.05, 3.63) is 33.8 Å². The van der Waals surface area contributed by atoms with Gasteiger partial charge >= 0.3 is 5.97 Å². The zero-order chi connectivity index (χ0) is 19.4.